The van der Waals surface area contributed by atoms with E-state index in [4.69, 9.17) is 11.2 Å². The second-order valence-corrected chi connectivity index (χ2v) is 5.31. The van der Waals surface area contributed by atoms with E-state index in [0.29, 0.717) is 35.0 Å². The van der Waals surface area contributed by atoms with Gasteiger partial charge in [0.05, 0.1) is 19.8 Å². The summed E-state index contributed by atoms with van der Waals surface area (Å²) in [6, 6.07) is 3.48. The monoisotopic (exact) mass is 290 g/mol. The summed E-state index contributed by atoms with van der Waals surface area (Å²) >= 11 is 0. The van der Waals surface area contributed by atoms with E-state index < -0.39 is 0 Å². The molecule has 0 saturated heterocycles. The Morgan fingerprint density at radius 1 is 1.19 bits per heavy atom. The minimum Gasteiger partial charge on any atom is -0.493 e. The third kappa shape index (κ3) is 5.08. The van der Waals surface area contributed by atoms with Gasteiger partial charge in [-0.25, -0.2) is 0 Å². The third-order valence-electron chi connectivity index (χ3n) is 3.76. The summed E-state index contributed by atoms with van der Waals surface area (Å²) in [6.07, 6.45) is 9.96. The van der Waals surface area contributed by atoms with Crippen molar-refractivity contribution in [1.29, 1.82) is 0 Å². The summed E-state index contributed by atoms with van der Waals surface area (Å²) in [5, 5.41) is 19.0. The average Bonchev–Trinajstić information content (AvgIpc) is 2.54. The lowest BCUT2D eigenvalue weighted by atomic mass is 10.00. The first-order valence-corrected chi connectivity index (χ1v) is 7.66. The van der Waals surface area contributed by atoms with Gasteiger partial charge in [-0.15, -0.1) is 6.42 Å². The largest absolute Gasteiger partial charge is 0.493 e. The SMILES string of the molecule is C#Cc1cc(CO)c(OCC(CC)CCCC)c(CO)c1. The number of rotatable bonds is 9. The summed E-state index contributed by atoms with van der Waals surface area (Å²) < 4.78 is 5.91. The molecule has 0 aliphatic rings. The van der Waals surface area contributed by atoms with Crippen LogP contribution in [0, 0.1) is 18.3 Å². The third-order valence-corrected chi connectivity index (χ3v) is 3.76. The van der Waals surface area contributed by atoms with Crippen molar-refractivity contribution in [2.75, 3.05) is 6.61 Å². The number of aliphatic hydroxyl groups is 2. The first-order chi connectivity index (χ1) is 10.2. The molecule has 0 fully saturated rings. The van der Waals surface area contributed by atoms with Gasteiger partial charge in [0.15, 0.2) is 0 Å². The van der Waals surface area contributed by atoms with Crippen LogP contribution >= 0.6 is 0 Å². The van der Waals surface area contributed by atoms with Crippen LogP contribution in [0.15, 0.2) is 12.1 Å². The van der Waals surface area contributed by atoms with Gasteiger partial charge in [-0.1, -0.05) is 39.0 Å². The standard InChI is InChI=1S/C18H26O3/c1-4-7-8-14(5-2)13-21-18-16(11-19)9-15(6-3)10-17(18)12-20/h3,9-10,14,19-20H,4-5,7-8,11-13H2,1-2H3. The Labute approximate surface area is 128 Å². The maximum absolute atomic E-state index is 9.49. The van der Waals surface area contributed by atoms with Crippen molar-refractivity contribution in [3.63, 3.8) is 0 Å². The highest BCUT2D eigenvalue weighted by Crippen LogP contribution is 2.27. The summed E-state index contributed by atoms with van der Waals surface area (Å²) in [7, 11) is 0. The van der Waals surface area contributed by atoms with E-state index in [1.165, 1.54) is 12.8 Å². The second kappa shape index (κ2) is 9.44. The lowest BCUT2D eigenvalue weighted by Crippen LogP contribution is -2.13. The van der Waals surface area contributed by atoms with Gasteiger partial charge in [-0.05, 0) is 24.5 Å². The van der Waals surface area contributed by atoms with E-state index in [0.717, 1.165) is 12.8 Å². The van der Waals surface area contributed by atoms with Crippen LogP contribution in [0.4, 0.5) is 0 Å². The van der Waals surface area contributed by atoms with Crippen molar-refractivity contribution >= 4 is 0 Å². The molecule has 0 bridgehead atoms. The van der Waals surface area contributed by atoms with Gasteiger partial charge in [-0.3, -0.25) is 0 Å². The van der Waals surface area contributed by atoms with Gasteiger partial charge in [0, 0.05) is 16.7 Å². The summed E-state index contributed by atoms with van der Waals surface area (Å²) in [4.78, 5) is 0. The molecule has 1 atom stereocenters. The highest BCUT2D eigenvalue weighted by Gasteiger charge is 2.14. The molecular formula is C18H26O3. The number of hydrogen-bond donors (Lipinski definition) is 2. The van der Waals surface area contributed by atoms with Crippen molar-refractivity contribution in [2.45, 2.75) is 52.7 Å². The van der Waals surface area contributed by atoms with Crippen molar-refractivity contribution in [3.8, 4) is 18.1 Å². The van der Waals surface area contributed by atoms with Gasteiger partial charge in [0.25, 0.3) is 0 Å². The van der Waals surface area contributed by atoms with Crippen molar-refractivity contribution in [3.05, 3.63) is 28.8 Å². The van der Waals surface area contributed by atoms with Gasteiger partial charge >= 0.3 is 0 Å². The van der Waals surface area contributed by atoms with E-state index in [9.17, 15) is 10.2 Å². The van der Waals surface area contributed by atoms with Crippen LogP contribution in [0.2, 0.25) is 0 Å². The smallest absolute Gasteiger partial charge is 0.130 e. The molecule has 116 valence electrons. The van der Waals surface area contributed by atoms with Gasteiger partial charge < -0.3 is 14.9 Å². The number of terminal acetylenes is 1. The minimum absolute atomic E-state index is 0.149. The van der Waals surface area contributed by atoms with Crippen molar-refractivity contribution < 1.29 is 14.9 Å². The van der Waals surface area contributed by atoms with Crippen LogP contribution in [0.5, 0.6) is 5.75 Å². The fourth-order valence-corrected chi connectivity index (χ4v) is 2.36. The molecule has 0 amide bonds. The van der Waals surface area contributed by atoms with Gasteiger partial charge in [-0.2, -0.15) is 0 Å². The predicted molar refractivity (Wildman–Crippen MR) is 85.0 cm³/mol. The van der Waals surface area contributed by atoms with Gasteiger partial charge in [0.2, 0.25) is 0 Å². The van der Waals surface area contributed by atoms with E-state index in [1.54, 1.807) is 12.1 Å². The first-order valence-electron chi connectivity index (χ1n) is 7.66. The van der Waals surface area contributed by atoms with E-state index in [-0.39, 0.29) is 13.2 Å². The first kappa shape index (κ1) is 17.6. The predicted octanol–water partition coefficient (Wildman–Crippen LogP) is 3.25. The number of ether oxygens (including phenoxy) is 1. The Kier molecular flexibility index (Phi) is 7.89. The molecule has 3 heteroatoms. The lowest BCUT2D eigenvalue weighted by molar-refractivity contribution is 0.211. The molecule has 21 heavy (non-hydrogen) atoms. The van der Waals surface area contributed by atoms with Crippen molar-refractivity contribution in [1.82, 2.24) is 0 Å². The molecule has 0 aliphatic carbocycles. The van der Waals surface area contributed by atoms with E-state index in [2.05, 4.69) is 19.8 Å². The molecule has 1 aromatic rings. The molecule has 0 aromatic heterocycles. The molecule has 0 aliphatic heterocycles. The zero-order valence-corrected chi connectivity index (χ0v) is 13.1. The van der Waals surface area contributed by atoms with Crippen molar-refractivity contribution in [2.24, 2.45) is 5.92 Å². The van der Waals surface area contributed by atoms with Crippen LogP contribution in [-0.2, 0) is 13.2 Å². The molecular weight excluding hydrogens is 264 g/mol. The maximum Gasteiger partial charge on any atom is 0.130 e. The molecule has 1 rings (SSSR count). The molecule has 0 saturated carbocycles. The maximum atomic E-state index is 9.49. The topological polar surface area (TPSA) is 49.7 Å². The molecule has 1 unspecified atom stereocenters. The quantitative estimate of drug-likeness (QED) is 0.686. The Morgan fingerprint density at radius 2 is 1.81 bits per heavy atom. The number of aliphatic hydroxyl groups excluding tert-OH is 2. The van der Waals surface area contributed by atoms with Gasteiger partial charge in [0.1, 0.15) is 5.75 Å². The molecule has 0 heterocycles. The molecule has 0 spiro atoms. The van der Waals surface area contributed by atoms with E-state index >= 15 is 0 Å². The Hall–Kier alpha value is -1.50. The molecule has 0 radical (unpaired) electrons. The Bertz CT molecular complexity index is 449. The second-order valence-electron chi connectivity index (χ2n) is 5.31. The minimum atomic E-state index is -0.149. The summed E-state index contributed by atoms with van der Waals surface area (Å²) in [5.41, 5.74) is 1.92. The lowest BCUT2D eigenvalue weighted by Gasteiger charge is -2.19. The van der Waals surface area contributed by atoms with Crippen LogP contribution in [0.1, 0.15) is 56.2 Å². The number of benzene rings is 1. The van der Waals surface area contributed by atoms with Crippen LogP contribution < -0.4 is 4.74 Å². The zero-order valence-electron chi connectivity index (χ0n) is 13.1. The summed E-state index contributed by atoms with van der Waals surface area (Å²) in [6.45, 7) is 4.64. The molecule has 1 aromatic carbocycles. The van der Waals surface area contributed by atoms with E-state index in [1.807, 2.05) is 0 Å². The fourth-order valence-electron chi connectivity index (χ4n) is 2.36. The van der Waals surface area contributed by atoms with Crippen LogP contribution in [-0.4, -0.2) is 16.8 Å². The summed E-state index contributed by atoms with van der Waals surface area (Å²) in [5.74, 6) is 3.60. The highest BCUT2D eigenvalue weighted by molar-refractivity contribution is 5.48. The number of unbranched alkanes of at least 4 members (excludes halogenated alkanes) is 1. The zero-order chi connectivity index (χ0) is 15.7. The highest BCUT2D eigenvalue weighted by atomic mass is 16.5. The normalized spacial score (nSPS) is 12.0. The molecule has 2 N–H and O–H groups in total. The fraction of sp³-hybridized carbons (Fsp3) is 0.556. The number of hydrogen-bond acceptors (Lipinski definition) is 3. The molecule has 3 nitrogen and oxygen atoms in total. The average molecular weight is 290 g/mol. The Balaban J connectivity index is 2.88. The Morgan fingerprint density at radius 3 is 2.24 bits per heavy atom. The van der Waals surface area contributed by atoms with Crippen LogP contribution in [0.3, 0.4) is 0 Å². The van der Waals surface area contributed by atoms with Crippen LogP contribution in [0.25, 0.3) is 0 Å².